The molecule has 16 heavy (non-hydrogen) atoms. The van der Waals surface area contributed by atoms with Gasteiger partial charge in [-0.25, -0.2) is 4.98 Å². The van der Waals surface area contributed by atoms with Crippen molar-refractivity contribution >= 4 is 17.5 Å². The lowest BCUT2D eigenvalue weighted by molar-refractivity contribution is 0.294. The molecule has 0 saturated carbocycles. The van der Waals surface area contributed by atoms with E-state index in [1.54, 1.807) is 13.2 Å². The minimum atomic E-state index is 0.453. The van der Waals surface area contributed by atoms with Gasteiger partial charge in [0.05, 0.1) is 12.8 Å². The summed E-state index contributed by atoms with van der Waals surface area (Å²) in [5.41, 5.74) is 0. The van der Waals surface area contributed by atoms with Crippen LogP contribution in [0.1, 0.15) is 32.6 Å². The van der Waals surface area contributed by atoms with Crippen LogP contribution >= 0.6 is 11.6 Å². The highest BCUT2D eigenvalue weighted by Gasteiger charge is 2.05. The number of anilines is 1. The molecular formula is C11H18ClN3O. The highest BCUT2D eigenvalue weighted by molar-refractivity contribution is 6.31. The Hall–Kier alpha value is -1.03. The van der Waals surface area contributed by atoms with Crippen LogP contribution in [0.2, 0.25) is 5.02 Å². The van der Waals surface area contributed by atoms with Gasteiger partial charge in [-0.15, -0.1) is 0 Å². The van der Waals surface area contributed by atoms with Crippen LogP contribution in [0.3, 0.4) is 0 Å². The maximum Gasteiger partial charge on any atom is 0.237 e. The van der Waals surface area contributed by atoms with Crippen molar-refractivity contribution in [3.05, 3.63) is 11.2 Å². The third-order valence-corrected chi connectivity index (χ3v) is 2.43. The van der Waals surface area contributed by atoms with Gasteiger partial charge in [0.25, 0.3) is 0 Å². The molecule has 90 valence electrons. The Labute approximate surface area is 101 Å². The van der Waals surface area contributed by atoms with E-state index in [0.29, 0.717) is 23.5 Å². The average Bonchev–Trinajstić information content (AvgIpc) is 2.31. The van der Waals surface area contributed by atoms with Crippen LogP contribution in [-0.4, -0.2) is 23.6 Å². The molecule has 5 heteroatoms. The highest BCUT2D eigenvalue weighted by atomic mass is 35.5. The monoisotopic (exact) mass is 243 g/mol. The zero-order valence-electron chi connectivity index (χ0n) is 9.79. The summed E-state index contributed by atoms with van der Waals surface area (Å²) in [4.78, 5) is 8.11. The van der Waals surface area contributed by atoms with Crippen LogP contribution < -0.4 is 10.1 Å². The standard InChI is InChI=1S/C11H18ClN3O/c1-3-4-5-6-7-16-10-9(12)8-14-11(13-2)15-10/h8H,3-7H2,1-2H3,(H,13,14,15). The van der Waals surface area contributed by atoms with Gasteiger partial charge in [0, 0.05) is 7.05 Å². The fourth-order valence-corrected chi connectivity index (χ4v) is 1.42. The van der Waals surface area contributed by atoms with Crippen molar-refractivity contribution < 1.29 is 4.74 Å². The molecule has 1 aromatic heterocycles. The van der Waals surface area contributed by atoms with Crippen molar-refractivity contribution in [2.75, 3.05) is 19.0 Å². The van der Waals surface area contributed by atoms with Gasteiger partial charge in [-0.05, 0) is 6.42 Å². The summed E-state index contributed by atoms with van der Waals surface area (Å²) in [6, 6.07) is 0. The predicted octanol–water partition coefficient (Wildman–Crippen LogP) is 3.13. The summed E-state index contributed by atoms with van der Waals surface area (Å²) in [5, 5.41) is 3.30. The van der Waals surface area contributed by atoms with Gasteiger partial charge >= 0.3 is 0 Å². The number of nitrogens with zero attached hydrogens (tertiary/aromatic N) is 2. The van der Waals surface area contributed by atoms with Crippen molar-refractivity contribution in [2.24, 2.45) is 0 Å². The summed E-state index contributed by atoms with van der Waals surface area (Å²) in [6.45, 7) is 2.83. The molecule has 0 aliphatic carbocycles. The van der Waals surface area contributed by atoms with E-state index in [2.05, 4.69) is 22.2 Å². The van der Waals surface area contributed by atoms with Gasteiger partial charge in [-0.3, -0.25) is 0 Å². The molecule has 0 aliphatic heterocycles. The summed E-state index contributed by atoms with van der Waals surface area (Å²) >= 11 is 5.92. The molecule has 0 radical (unpaired) electrons. The fraction of sp³-hybridized carbons (Fsp3) is 0.636. The molecule has 0 atom stereocenters. The molecule has 0 aromatic carbocycles. The molecule has 0 fully saturated rings. The fourth-order valence-electron chi connectivity index (χ4n) is 1.27. The van der Waals surface area contributed by atoms with Crippen LogP contribution in [0.15, 0.2) is 6.20 Å². The Bertz CT molecular complexity index is 320. The van der Waals surface area contributed by atoms with E-state index in [9.17, 15) is 0 Å². The average molecular weight is 244 g/mol. The first kappa shape index (κ1) is 13.0. The molecule has 1 N–H and O–H groups in total. The summed E-state index contributed by atoms with van der Waals surface area (Å²) in [6.07, 6.45) is 6.21. The maximum absolute atomic E-state index is 5.92. The maximum atomic E-state index is 5.92. The third-order valence-electron chi connectivity index (χ3n) is 2.17. The predicted molar refractivity (Wildman–Crippen MR) is 66.2 cm³/mol. The van der Waals surface area contributed by atoms with E-state index in [1.165, 1.54) is 19.3 Å². The lowest BCUT2D eigenvalue weighted by Gasteiger charge is -2.07. The van der Waals surface area contributed by atoms with E-state index in [0.717, 1.165) is 6.42 Å². The minimum Gasteiger partial charge on any atom is -0.476 e. The second-order valence-electron chi connectivity index (χ2n) is 3.51. The second kappa shape index (κ2) is 7.28. The molecule has 1 heterocycles. The first-order chi connectivity index (χ1) is 7.77. The highest BCUT2D eigenvalue weighted by Crippen LogP contribution is 2.21. The molecular weight excluding hydrogens is 226 g/mol. The van der Waals surface area contributed by atoms with E-state index >= 15 is 0 Å². The number of nitrogens with one attached hydrogen (secondary N) is 1. The third kappa shape index (κ3) is 4.23. The number of hydrogen-bond acceptors (Lipinski definition) is 4. The van der Waals surface area contributed by atoms with Crippen molar-refractivity contribution in [3.8, 4) is 5.88 Å². The van der Waals surface area contributed by atoms with Crippen LogP contribution in [0.5, 0.6) is 5.88 Å². The van der Waals surface area contributed by atoms with Crippen LogP contribution in [0.25, 0.3) is 0 Å². The Morgan fingerprint density at radius 2 is 2.19 bits per heavy atom. The number of aromatic nitrogens is 2. The topological polar surface area (TPSA) is 47.0 Å². The first-order valence-electron chi connectivity index (χ1n) is 5.61. The van der Waals surface area contributed by atoms with Gasteiger partial charge in [0.2, 0.25) is 11.8 Å². The Kier molecular flexibility index (Phi) is 5.93. The van der Waals surface area contributed by atoms with Gasteiger partial charge in [-0.1, -0.05) is 37.8 Å². The van der Waals surface area contributed by atoms with E-state index in [4.69, 9.17) is 16.3 Å². The van der Waals surface area contributed by atoms with Crippen LogP contribution in [0.4, 0.5) is 5.95 Å². The van der Waals surface area contributed by atoms with Crippen molar-refractivity contribution in [1.82, 2.24) is 9.97 Å². The molecule has 4 nitrogen and oxygen atoms in total. The largest absolute Gasteiger partial charge is 0.476 e. The Balaban J connectivity index is 2.40. The second-order valence-corrected chi connectivity index (χ2v) is 3.91. The lowest BCUT2D eigenvalue weighted by atomic mass is 10.2. The molecule has 1 aromatic rings. The number of hydrogen-bond donors (Lipinski definition) is 1. The van der Waals surface area contributed by atoms with Gasteiger partial charge in [0.15, 0.2) is 0 Å². The van der Waals surface area contributed by atoms with Crippen molar-refractivity contribution in [1.29, 1.82) is 0 Å². The molecule has 0 aliphatic rings. The van der Waals surface area contributed by atoms with Crippen LogP contribution in [-0.2, 0) is 0 Å². The zero-order chi connectivity index (χ0) is 11.8. The molecule has 0 bridgehead atoms. The van der Waals surface area contributed by atoms with Gasteiger partial charge in [-0.2, -0.15) is 4.98 Å². The number of halogens is 1. The number of rotatable bonds is 7. The lowest BCUT2D eigenvalue weighted by Crippen LogP contribution is -2.03. The first-order valence-corrected chi connectivity index (χ1v) is 5.98. The van der Waals surface area contributed by atoms with E-state index in [1.807, 2.05) is 0 Å². The smallest absolute Gasteiger partial charge is 0.237 e. The number of unbranched alkanes of at least 4 members (excludes halogenated alkanes) is 3. The van der Waals surface area contributed by atoms with Gasteiger partial charge < -0.3 is 10.1 Å². The SMILES string of the molecule is CCCCCCOc1nc(NC)ncc1Cl. The molecule has 1 rings (SSSR count). The Morgan fingerprint density at radius 1 is 1.38 bits per heavy atom. The van der Waals surface area contributed by atoms with Crippen LogP contribution in [0, 0.1) is 0 Å². The summed E-state index contributed by atoms with van der Waals surface area (Å²) in [5.74, 6) is 0.977. The minimum absolute atomic E-state index is 0.453. The number of ether oxygens (including phenoxy) is 1. The quantitative estimate of drug-likeness (QED) is 0.748. The molecule has 0 spiro atoms. The van der Waals surface area contributed by atoms with E-state index in [-0.39, 0.29) is 0 Å². The zero-order valence-corrected chi connectivity index (χ0v) is 10.5. The normalized spacial score (nSPS) is 10.2. The molecule has 0 unspecified atom stereocenters. The molecule has 0 saturated heterocycles. The summed E-state index contributed by atoms with van der Waals surface area (Å²) in [7, 11) is 1.76. The Morgan fingerprint density at radius 3 is 2.88 bits per heavy atom. The van der Waals surface area contributed by atoms with Gasteiger partial charge in [0.1, 0.15) is 5.02 Å². The molecule has 0 amide bonds. The summed E-state index contributed by atoms with van der Waals surface area (Å²) < 4.78 is 5.50. The van der Waals surface area contributed by atoms with Crippen molar-refractivity contribution in [2.45, 2.75) is 32.6 Å². The van der Waals surface area contributed by atoms with E-state index < -0.39 is 0 Å². The van der Waals surface area contributed by atoms with Crippen molar-refractivity contribution in [3.63, 3.8) is 0 Å².